The molecule has 1 aromatic heterocycles. The molecule has 1 heterocycles. The van der Waals surface area contributed by atoms with Crippen molar-refractivity contribution in [3.05, 3.63) is 47.5 Å². The Labute approximate surface area is 141 Å². The van der Waals surface area contributed by atoms with Crippen LogP contribution >= 0.6 is 0 Å². The molecule has 0 aliphatic heterocycles. The topological polar surface area (TPSA) is 93.2 Å². The number of aryl methyl sites for hydroxylation is 2. The van der Waals surface area contributed by atoms with Crippen molar-refractivity contribution in [2.24, 2.45) is 12.8 Å². The lowest BCUT2D eigenvalue weighted by molar-refractivity contribution is 0.0999. The van der Waals surface area contributed by atoms with Crippen LogP contribution in [0.5, 0.6) is 0 Å². The van der Waals surface area contributed by atoms with E-state index in [1.165, 1.54) is 0 Å². The number of hydrogen-bond acceptors (Lipinski definition) is 3. The number of nitrogens with one attached hydrogen (secondary N) is 1. The smallest absolute Gasteiger partial charge is 0.321 e. The average Bonchev–Trinajstić information content (AvgIpc) is 2.94. The monoisotopic (exact) mass is 329 g/mol. The first-order valence-corrected chi connectivity index (χ1v) is 7.78. The van der Waals surface area contributed by atoms with Crippen molar-refractivity contribution < 1.29 is 9.59 Å². The van der Waals surface area contributed by atoms with Crippen LogP contribution in [0.25, 0.3) is 0 Å². The van der Waals surface area contributed by atoms with Crippen LogP contribution in [-0.4, -0.2) is 40.0 Å². The first kappa shape index (κ1) is 17.5. The van der Waals surface area contributed by atoms with Crippen LogP contribution in [0.15, 0.2) is 30.6 Å². The number of nitrogens with zero attached hydrogens (tertiary/aromatic N) is 3. The largest absolute Gasteiger partial charge is 0.366 e. The summed E-state index contributed by atoms with van der Waals surface area (Å²) in [5.74, 6) is 0.487. The number of imidazole rings is 1. The molecular formula is C17H23N5O2. The molecule has 0 aliphatic rings. The number of urea groups is 1. The first-order valence-electron chi connectivity index (χ1n) is 7.78. The summed E-state index contributed by atoms with van der Waals surface area (Å²) in [5.41, 5.74) is 6.99. The summed E-state index contributed by atoms with van der Waals surface area (Å²) < 4.78 is 1.97. The highest BCUT2D eigenvalue weighted by Crippen LogP contribution is 2.19. The number of primary amides is 1. The van der Waals surface area contributed by atoms with Crippen molar-refractivity contribution >= 4 is 17.6 Å². The third-order valence-corrected chi connectivity index (χ3v) is 4.00. The van der Waals surface area contributed by atoms with Gasteiger partial charge in [0.05, 0.1) is 0 Å². The summed E-state index contributed by atoms with van der Waals surface area (Å²) in [5, 5.41) is 2.82. The Morgan fingerprint density at radius 1 is 1.38 bits per heavy atom. The van der Waals surface area contributed by atoms with E-state index in [4.69, 9.17) is 5.73 Å². The highest BCUT2D eigenvalue weighted by molar-refractivity contribution is 5.98. The van der Waals surface area contributed by atoms with Gasteiger partial charge >= 0.3 is 6.03 Å². The van der Waals surface area contributed by atoms with Crippen molar-refractivity contribution in [2.75, 3.05) is 18.9 Å². The van der Waals surface area contributed by atoms with E-state index in [1.54, 1.807) is 43.3 Å². The molecule has 0 saturated heterocycles. The van der Waals surface area contributed by atoms with E-state index >= 15 is 0 Å². The Balaban J connectivity index is 1.91. The van der Waals surface area contributed by atoms with Gasteiger partial charge in [-0.25, -0.2) is 9.78 Å². The molecule has 3 N–H and O–H groups in total. The van der Waals surface area contributed by atoms with Gasteiger partial charge in [0, 0.05) is 50.7 Å². The molecule has 7 nitrogen and oxygen atoms in total. The van der Waals surface area contributed by atoms with Gasteiger partial charge in [-0.2, -0.15) is 0 Å². The fourth-order valence-electron chi connectivity index (χ4n) is 2.46. The lowest BCUT2D eigenvalue weighted by Gasteiger charge is -2.19. The Hall–Kier alpha value is -2.83. The second kappa shape index (κ2) is 7.63. The summed E-state index contributed by atoms with van der Waals surface area (Å²) in [6, 6.07) is 4.87. The molecule has 24 heavy (non-hydrogen) atoms. The number of rotatable bonds is 6. The molecule has 2 aromatic rings. The molecular weight excluding hydrogens is 306 g/mol. The predicted molar refractivity (Wildman–Crippen MR) is 92.9 cm³/mol. The van der Waals surface area contributed by atoms with Crippen LogP contribution in [0.2, 0.25) is 0 Å². The van der Waals surface area contributed by atoms with E-state index < -0.39 is 5.91 Å². The molecule has 0 fully saturated rings. The number of carbonyl (C=O) groups excluding carboxylic acids is 2. The standard InChI is InChI=1S/C17H23N5O2/c1-12-13(16(18)23)6-4-7-14(12)20-17(24)22(3)10-5-8-15-19-9-11-21(15)2/h4,6-7,9,11H,5,8,10H2,1-3H3,(H2,18,23)(H,20,24). The van der Waals surface area contributed by atoms with E-state index in [9.17, 15) is 9.59 Å². The molecule has 0 aliphatic carbocycles. The molecule has 0 bridgehead atoms. The fraction of sp³-hybridized carbons (Fsp3) is 0.353. The van der Waals surface area contributed by atoms with Crippen LogP contribution in [-0.2, 0) is 13.5 Å². The molecule has 3 amide bonds. The normalized spacial score (nSPS) is 10.5. The van der Waals surface area contributed by atoms with Gasteiger partial charge in [0.25, 0.3) is 0 Å². The van der Waals surface area contributed by atoms with Crippen molar-refractivity contribution in [1.29, 1.82) is 0 Å². The Bertz CT molecular complexity index is 738. The molecule has 7 heteroatoms. The number of carbonyl (C=O) groups is 2. The minimum Gasteiger partial charge on any atom is -0.366 e. The average molecular weight is 329 g/mol. The maximum absolute atomic E-state index is 12.3. The maximum atomic E-state index is 12.3. The van der Waals surface area contributed by atoms with Gasteiger partial charge in [-0.1, -0.05) is 6.07 Å². The molecule has 0 unspecified atom stereocenters. The van der Waals surface area contributed by atoms with Crippen LogP contribution < -0.4 is 11.1 Å². The first-order chi connectivity index (χ1) is 11.4. The van der Waals surface area contributed by atoms with Gasteiger partial charge in [-0.05, 0) is 31.0 Å². The number of anilines is 1. The van der Waals surface area contributed by atoms with Gasteiger partial charge in [0.1, 0.15) is 5.82 Å². The summed E-state index contributed by atoms with van der Waals surface area (Å²) in [7, 11) is 3.69. The van der Waals surface area contributed by atoms with E-state index in [2.05, 4.69) is 10.3 Å². The summed E-state index contributed by atoms with van der Waals surface area (Å²) >= 11 is 0. The van der Waals surface area contributed by atoms with Crippen LogP contribution in [0.1, 0.15) is 28.2 Å². The number of aromatic nitrogens is 2. The van der Waals surface area contributed by atoms with Gasteiger partial charge in [-0.3, -0.25) is 4.79 Å². The Kier molecular flexibility index (Phi) is 5.57. The number of hydrogen-bond donors (Lipinski definition) is 2. The summed E-state index contributed by atoms with van der Waals surface area (Å²) in [4.78, 5) is 29.5. The zero-order valence-electron chi connectivity index (χ0n) is 14.2. The highest BCUT2D eigenvalue weighted by Gasteiger charge is 2.13. The van der Waals surface area contributed by atoms with Gasteiger partial charge in [0.2, 0.25) is 5.91 Å². The fourth-order valence-corrected chi connectivity index (χ4v) is 2.46. The maximum Gasteiger partial charge on any atom is 0.321 e. The third kappa shape index (κ3) is 4.13. The molecule has 0 saturated carbocycles. The van der Waals surface area contributed by atoms with Crippen LogP contribution in [0.4, 0.5) is 10.5 Å². The van der Waals surface area contributed by atoms with Gasteiger partial charge < -0.3 is 20.5 Å². The summed E-state index contributed by atoms with van der Waals surface area (Å²) in [6.07, 6.45) is 5.28. The second-order valence-corrected chi connectivity index (χ2v) is 5.75. The lowest BCUT2D eigenvalue weighted by atomic mass is 10.1. The quantitative estimate of drug-likeness (QED) is 0.848. The van der Waals surface area contributed by atoms with Crippen molar-refractivity contribution in [2.45, 2.75) is 19.8 Å². The van der Waals surface area contributed by atoms with Gasteiger partial charge in [0.15, 0.2) is 0 Å². The van der Waals surface area contributed by atoms with Crippen molar-refractivity contribution in [1.82, 2.24) is 14.5 Å². The Morgan fingerprint density at radius 2 is 2.12 bits per heavy atom. The van der Waals surface area contributed by atoms with E-state index in [-0.39, 0.29) is 6.03 Å². The highest BCUT2D eigenvalue weighted by atomic mass is 16.2. The molecule has 0 spiro atoms. The van der Waals surface area contributed by atoms with E-state index in [0.717, 1.165) is 18.7 Å². The van der Waals surface area contributed by atoms with Crippen LogP contribution in [0.3, 0.4) is 0 Å². The summed E-state index contributed by atoms with van der Waals surface area (Å²) in [6.45, 7) is 2.37. The predicted octanol–water partition coefficient (Wildman–Crippen LogP) is 1.92. The zero-order valence-corrected chi connectivity index (χ0v) is 14.2. The molecule has 0 atom stereocenters. The molecule has 1 aromatic carbocycles. The molecule has 2 rings (SSSR count). The van der Waals surface area contributed by atoms with Crippen molar-refractivity contribution in [3.63, 3.8) is 0 Å². The van der Waals surface area contributed by atoms with Crippen molar-refractivity contribution in [3.8, 4) is 0 Å². The van der Waals surface area contributed by atoms with E-state index in [1.807, 2.05) is 17.8 Å². The molecule has 0 radical (unpaired) electrons. The van der Waals surface area contributed by atoms with Crippen LogP contribution in [0, 0.1) is 6.92 Å². The zero-order chi connectivity index (χ0) is 17.7. The van der Waals surface area contributed by atoms with E-state index in [0.29, 0.717) is 23.4 Å². The number of nitrogens with two attached hydrogens (primary N) is 1. The Morgan fingerprint density at radius 3 is 2.75 bits per heavy atom. The molecule has 128 valence electrons. The number of amides is 3. The van der Waals surface area contributed by atoms with Gasteiger partial charge in [-0.15, -0.1) is 0 Å². The SMILES string of the molecule is Cc1c(NC(=O)N(C)CCCc2nccn2C)cccc1C(N)=O. The number of benzene rings is 1. The lowest BCUT2D eigenvalue weighted by Crippen LogP contribution is -2.32. The minimum atomic E-state index is -0.507. The minimum absolute atomic E-state index is 0.223. The third-order valence-electron chi connectivity index (χ3n) is 4.00. The second-order valence-electron chi connectivity index (χ2n) is 5.75.